The van der Waals surface area contributed by atoms with E-state index >= 15 is 0 Å². The number of rotatable bonds is 4. The van der Waals surface area contributed by atoms with Gasteiger partial charge in [-0.3, -0.25) is 10.1 Å². The molecular formula is C19H15Cl2N3O3S2. The first-order valence-corrected chi connectivity index (χ1v) is 10.4. The normalized spacial score (nSPS) is 10.8. The Morgan fingerprint density at radius 1 is 1.10 bits per heavy atom. The molecule has 1 amide bonds. The molecule has 0 saturated heterocycles. The Balaban J connectivity index is 1.69. The number of thiazole rings is 1. The molecule has 1 aromatic heterocycles. The van der Waals surface area contributed by atoms with Crippen LogP contribution in [0.4, 0.5) is 5.13 Å². The number of amides is 1. The maximum atomic E-state index is 12.3. The molecule has 0 aliphatic carbocycles. The largest absolute Gasteiger partial charge is 0.459 e. The Morgan fingerprint density at radius 3 is 2.52 bits per heavy atom. The van der Waals surface area contributed by atoms with Crippen molar-refractivity contribution in [3.05, 3.63) is 57.6 Å². The van der Waals surface area contributed by atoms with E-state index in [1.54, 1.807) is 38.1 Å². The molecule has 10 heteroatoms. The van der Waals surface area contributed by atoms with Crippen molar-refractivity contribution in [3.8, 4) is 0 Å². The van der Waals surface area contributed by atoms with Crippen molar-refractivity contribution < 1.29 is 14.3 Å². The second-order valence-electron chi connectivity index (χ2n) is 6.19. The van der Waals surface area contributed by atoms with Gasteiger partial charge < -0.3 is 10.1 Å². The van der Waals surface area contributed by atoms with E-state index < -0.39 is 11.9 Å². The lowest BCUT2D eigenvalue weighted by Gasteiger charge is -2.07. The van der Waals surface area contributed by atoms with Crippen LogP contribution in [-0.4, -0.2) is 28.1 Å². The summed E-state index contributed by atoms with van der Waals surface area (Å²) in [5, 5.41) is 6.62. The van der Waals surface area contributed by atoms with Crippen molar-refractivity contribution >= 4 is 79.1 Å². The van der Waals surface area contributed by atoms with Crippen LogP contribution >= 0.6 is 46.8 Å². The highest BCUT2D eigenvalue weighted by molar-refractivity contribution is 7.80. The summed E-state index contributed by atoms with van der Waals surface area (Å²) < 4.78 is 5.98. The summed E-state index contributed by atoms with van der Waals surface area (Å²) in [4.78, 5) is 28.7. The molecule has 6 nitrogen and oxygen atoms in total. The number of carbonyl (C=O) groups excluding carboxylic acids is 2. The lowest BCUT2D eigenvalue weighted by molar-refractivity contribution is 0.0378. The van der Waals surface area contributed by atoms with Gasteiger partial charge in [-0.15, -0.1) is 0 Å². The van der Waals surface area contributed by atoms with E-state index in [0.717, 1.165) is 4.70 Å². The zero-order chi connectivity index (χ0) is 21.1. The van der Waals surface area contributed by atoms with Crippen LogP contribution < -0.4 is 10.6 Å². The maximum absolute atomic E-state index is 12.3. The fraction of sp³-hybridized carbons (Fsp3) is 0.158. The van der Waals surface area contributed by atoms with Gasteiger partial charge in [0.25, 0.3) is 5.91 Å². The number of ether oxygens (including phenoxy) is 1. The standard InChI is InChI=1S/C19H15Cl2N3O3S2/c1-9(2)27-17(26)11-4-6-14-15(8-11)29-19(22-14)24-18(28)23-16(25)10-3-5-12(20)13(21)7-10/h3-9H,1-2H3,(H2,22,23,24,25,28). The zero-order valence-electron chi connectivity index (χ0n) is 15.3. The number of aromatic nitrogens is 1. The number of carbonyl (C=O) groups is 2. The lowest BCUT2D eigenvalue weighted by Crippen LogP contribution is -2.34. The molecule has 3 aromatic rings. The molecule has 0 radical (unpaired) electrons. The summed E-state index contributed by atoms with van der Waals surface area (Å²) in [5.74, 6) is -0.824. The van der Waals surface area contributed by atoms with E-state index in [0.29, 0.717) is 26.8 Å². The second kappa shape index (κ2) is 9.04. The molecule has 0 fully saturated rings. The van der Waals surface area contributed by atoms with Crippen LogP contribution in [-0.2, 0) is 4.74 Å². The van der Waals surface area contributed by atoms with Crippen LogP contribution in [0.1, 0.15) is 34.6 Å². The average Bonchev–Trinajstić information content (AvgIpc) is 3.04. The number of fused-ring (bicyclic) bond motifs is 1. The number of benzene rings is 2. The number of nitrogens with zero attached hydrogens (tertiary/aromatic N) is 1. The number of anilines is 1. The van der Waals surface area contributed by atoms with Crippen LogP contribution in [0.3, 0.4) is 0 Å². The molecule has 3 rings (SSSR count). The van der Waals surface area contributed by atoms with Crippen molar-refractivity contribution in [3.63, 3.8) is 0 Å². The highest BCUT2D eigenvalue weighted by Gasteiger charge is 2.14. The highest BCUT2D eigenvalue weighted by Crippen LogP contribution is 2.27. The molecule has 0 unspecified atom stereocenters. The minimum atomic E-state index is -0.430. The number of hydrogen-bond acceptors (Lipinski definition) is 6. The fourth-order valence-corrected chi connectivity index (χ4v) is 3.79. The smallest absolute Gasteiger partial charge is 0.338 e. The minimum Gasteiger partial charge on any atom is -0.459 e. The van der Waals surface area contributed by atoms with Crippen molar-refractivity contribution in [2.24, 2.45) is 0 Å². The Hall–Kier alpha value is -2.26. The van der Waals surface area contributed by atoms with Gasteiger partial charge in [0.15, 0.2) is 10.2 Å². The van der Waals surface area contributed by atoms with E-state index in [2.05, 4.69) is 15.6 Å². The first-order valence-electron chi connectivity index (χ1n) is 8.42. The molecule has 2 aromatic carbocycles. The van der Waals surface area contributed by atoms with Crippen LogP contribution in [0.25, 0.3) is 10.2 Å². The summed E-state index contributed by atoms with van der Waals surface area (Å²) in [6.45, 7) is 3.58. The number of thiocarbonyl (C=S) groups is 1. The second-order valence-corrected chi connectivity index (χ2v) is 8.45. The summed E-state index contributed by atoms with van der Waals surface area (Å²) >= 11 is 18.3. The zero-order valence-corrected chi connectivity index (χ0v) is 18.4. The molecule has 0 aliphatic heterocycles. The summed E-state index contributed by atoms with van der Waals surface area (Å²) in [7, 11) is 0. The van der Waals surface area contributed by atoms with Gasteiger partial charge >= 0.3 is 5.97 Å². The first-order chi connectivity index (χ1) is 13.7. The number of nitrogens with one attached hydrogen (secondary N) is 2. The van der Waals surface area contributed by atoms with E-state index in [4.69, 9.17) is 40.2 Å². The summed E-state index contributed by atoms with van der Waals surface area (Å²) in [6, 6.07) is 9.62. The SMILES string of the molecule is CC(C)OC(=O)c1ccc2nc(NC(=S)NC(=O)c3ccc(Cl)c(Cl)c3)sc2c1. The predicted molar refractivity (Wildman–Crippen MR) is 120 cm³/mol. The summed E-state index contributed by atoms with van der Waals surface area (Å²) in [6.07, 6.45) is -0.201. The van der Waals surface area contributed by atoms with Gasteiger partial charge in [-0.25, -0.2) is 9.78 Å². The highest BCUT2D eigenvalue weighted by atomic mass is 35.5. The van der Waals surface area contributed by atoms with Crippen molar-refractivity contribution in [2.45, 2.75) is 20.0 Å². The predicted octanol–water partition coefficient (Wildman–Crippen LogP) is 5.30. The average molecular weight is 468 g/mol. The lowest BCUT2D eigenvalue weighted by atomic mass is 10.2. The van der Waals surface area contributed by atoms with Crippen molar-refractivity contribution in [1.29, 1.82) is 0 Å². The molecular weight excluding hydrogens is 453 g/mol. The van der Waals surface area contributed by atoms with E-state index in [1.165, 1.54) is 23.5 Å². The minimum absolute atomic E-state index is 0.0829. The fourth-order valence-electron chi connectivity index (χ4n) is 2.33. The molecule has 0 spiro atoms. The van der Waals surface area contributed by atoms with Gasteiger partial charge in [-0.1, -0.05) is 34.5 Å². The number of esters is 1. The number of halogens is 2. The maximum Gasteiger partial charge on any atom is 0.338 e. The molecule has 2 N–H and O–H groups in total. The van der Waals surface area contributed by atoms with Gasteiger partial charge in [0, 0.05) is 5.56 Å². The molecule has 0 atom stereocenters. The Labute approximate surface area is 186 Å². The Morgan fingerprint density at radius 2 is 1.83 bits per heavy atom. The first kappa shape index (κ1) is 21.4. The van der Waals surface area contributed by atoms with Crippen LogP contribution in [0, 0.1) is 0 Å². The van der Waals surface area contributed by atoms with Crippen molar-refractivity contribution in [2.75, 3.05) is 5.32 Å². The van der Waals surface area contributed by atoms with Crippen LogP contribution in [0.2, 0.25) is 10.0 Å². The van der Waals surface area contributed by atoms with Gasteiger partial charge in [0.05, 0.1) is 31.9 Å². The van der Waals surface area contributed by atoms with Crippen molar-refractivity contribution in [1.82, 2.24) is 10.3 Å². The third-order valence-corrected chi connectivity index (χ3v) is 5.47. The molecule has 1 heterocycles. The Bertz CT molecular complexity index is 1120. The molecule has 150 valence electrons. The third kappa shape index (κ3) is 5.42. The molecule has 0 aliphatic rings. The molecule has 29 heavy (non-hydrogen) atoms. The van der Waals surface area contributed by atoms with Crippen LogP contribution in [0.5, 0.6) is 0 Å². The third-order valence-electron chi connectivity index (χ3n) is 3.60. The van der Waals surface area contributed by atoms with Gasteiger partial charge in [0.2, 0.25) is 0 Å². The van der Waals surface area contributed by atoms with E-state index in [1.807, 2.05) is 0 Å². The Kier molecular flexibility index (Phi) is 6.69. The van der Waals surface area contributed by atoms with Gasteiger partial charge in [-0.05, 0) is 62.5 Å². The number of hydrogen-bond donors (Lipinski definition) is 2. The van der Waals surface area contributed by atoms with E-state index in [9.17, 15) is 9.59 Å². The molecule has 0 saturated carbocycles. The quantitative estimate of drug-likeness (QED) is 0.400. The van der Waals surface area contributed by atoms with Gasteiger partial charge in [0.1, 0.15) is 0 Å². The van der Waals surface area contributed by atoms with Gasteiger partial charge in [-0.2, -0.15) is 0 Å². The van der Waals surface area contributed by atoms with Crippen LogP contribution in [0.15, 0.2) is 36.4 Å². The topological polar surface area (TPSA) is 80.3 Å². The monoisotopic (exact) mass is 467 g/mol. The van der Waals surface area contributed by atoms with E-state index in [-0.39, 0.29) is 16.2 Å². The molecule has 0 bridgehead atoms. The summed E-state index contributed by atoms with van der Waals surface area (Å²) in [5.41, 5.74) is 1.45.